The van der Waals surface area contributed by atoms with E-state index in [1.165, 1.54) is 22.7 Å². The molecule has 0 saturated carbocycles. The van der Waals surface area contributed by atoms with Crippen molar-refractivity contribution < 1.29 is 17.2 Å². The van der Waals surface area contributed by atoms with Gasteiger partial charge in [0.05, 0.1) is 4.88 Å². The molecule has 0 radical (unpaired) electrons. The van der Waals surface area contributed by atoms with Gasteiger partial charge >= 0.3 is 0 Å². The van der Waals surface area contributed by atoms with Crippen molar-refractivity contribution in [2.45, 2.75) is 20.4 Å². The van der Waals surface area contributed by atoms with E-state index in [4.69, 9.17) is 0 Å². The van der Waals surface area contributed by atoms with Crippen LogP contribution in [0.25, 0.3) is 0 Å². The number of carbonyl (C=O) groups excluding carboxylic acids is 1. The SMILES string of the molecule is Cc1ccc(C)n1CCN1CCN(C(=O)c2cccs2)CC1.[Cl-]. The number of carbonyl (C=O) groups is 1. The van der Waals surface area contributed by atoms with Gasteiger partial charge in [0.1, 0.15) is 0 Å². The van der Waals surface area contributed by atoms with Crippen molar-refractivity contribution in [1.82, 2.24) is 14.4 Å². The van der Waals surface area contributed by atoms with Gasteiger partial charge in [0.15, 0.2) is 0 Å². The summed E-state index contributed by atoms with van der Waals surface area (Å²) in [4.78, 5) is 17.6. The Morgan fingerprint density at radius 3 is 2.26 bits per heavy atom. The lowest BCUT2D eigenvalue weighted by Gasteiger charge is -2.34. The van der Waals surface area contributed by atoms with E-state index in [0.717, 1.165) is 44.1 Å². The molecule has 126 valence electrons. The monoisotopic (exact) mass is 352 g/mol. The molecule has 0 spiro atoms. The van der Waals surface area contributed by atoms with Crippen LogP contribution in [0, 0.1) is 13.8 Å². The lowest BCUT2D eigenvalue weighted by Crippen LogP contribution is -3.00. The average Bonchev–Trinajstić information content (AvgIpc) is 3.17. The molecule has 2 aromatic rings. The number of aromatic nitrogens is 1. The second-order valence-electron chi connectivity index (χ2n) is 5.88. The minimum atomic E-state index is 0. The predicted octanol–water partition coefficient (Wildman–Crippen LogP) is -0.372. The number of hydrogen-bond donors (Lipinski definition) is 0. The van der Waals surface area contributed by atoms with Crippen molar-refractivity contribution in [1.29, 1.82) is 0 Å². The van der Waals surface area contributed by atoms with Crippen LogP contribution >= 0.6 is 11.3 Å². The van der Waals surface area contributed by atoms with Gasteiger partial charge in [-0.05, 0) is 37.4 Å². The van der Waals surface area contributed by atoms with Crippen LogP contribution in [-0.4, -0.2) is 53.0 Å². The first-order valence-electron chi connectivity index (χ1n) is 7.83. The maximum absolute atomic E-state index is 12.3. The average molecular weight is 353 g/mol. The van der Waals surface area contributed by atoms with Gasteiger partial charge in [-0.1, -0.05) is 6.07 Å². The van der Waals surface area contributed by atoms with Gasteiger partial charge in [0, 0.05) is 50.7 Å². The highest BCUT2D eigenvalue weighted by Gasteiger charge is 2.22. The van der Waals surface area contributed by atoms with Crippen molar-refractivity contribution in [3.63, 3.8) is 0 Å². The molecule has 3 rings (SSSR count). The van der Waals surface area contributed by atoms with Crippen LogP contribution in [0.4, 0.5) is 0 Å². The van der Waals surface area contributed by atoms with Gasteiger partial charge in [0.2, 0.25) is 0 Å². The zero-order chi connectivity index (χ0) is 15.5. The van der Waals surface area contributed by atoms with E-state index < -0.39 is 0 Å². The van der Waals surface area contributed by atoms with Gasteiger partial charge < -0.3 is 21.9 Å². The van der Waals surface area contributed by atoms with Crippen LogP contribution in [-0.2, 0) is 6.54 Å². The first-order valence-corrected chi connectivity index (χ1v) is 8.71. The minimum absolute atomic E-state index is 0. The molecule has 4 nitrogen and oxygen atoms in total. The highest BCUT2D eigenvalue weighted by atomic mass is 35.5. The highest BCUT2D eigenvalue weighted by Crippen LogP contribution is 2.14. The number of amides is 1. The third-order valence-electron chi connectivity index (χ3n) is 4.45. The molecule has 0 bridgehead atoms. The Balaban J connectivity index is 0.00000192. The topological polar surface area (TPSA) is 28.5 Å². The first-order chi connectivity index (χ1) is 10.6. The Morgan fingerprint density at radius 2 is 1.70 bits per heavy atom. The van der Waals surface area contributed by atoms with Crippen LogP contribution in [0.3, 0.4) is 0 Å². The van der Waals surface area contributed by atoms with E-state index in [1.807, 2.05) is 22.4 Å². The summed E-state index contributed by atoms with van der Waals surface area (Å²) in [5, 5.41) is 1.96. The van der Waals surface area contributed by atoms with Gasteiger partial charge in [-0.15, -0.1) is 11.3 Å². The van der Waals surface area contributed by atoms with Gasteiger partial charge in [-0.2, -0.15) is 0 Å². The maximum atomic E-state index is 12.3. The first kappa shape index (κ1) is 18.0. The number of halogens is 1. The molecule has 1 amide bonds. The van der Waals surface area contributed by atoms with Crippen molar-refractivity contribution in [2.75, 3.05) is 32.7 Å². The summed E-state index contributed by atoms with van der Waals surface area (Å²) in [5.74, 6) is 0.187. The second kappa shape index (κ2) is 7.99. The Labute approximate surface area is 148 Å². The van der Waals surface area contributed by atoms with Crippen LogP contribution in [0.15, 0.2) is 29.6 Å². The fourth-order valence-corrected chi connectivity index (χ4v) is 3.71. The molecular weight excluding hydrogens is 330 g/mol. The second-order valence-corrected chi connectivity index (χ2v) is 6.83. The fraction of sp³-hybridized carbons (Fsp3) is 0.471. The van der Waals surface area contributed by atoms with Crippen LogP contribution in [0.5, 0.6) is 0 Å². The van der Waals surface area contributed by atoms with E-state index in [-0.39, 0.29) is 18.3 Å². The number of piperazine rings is 1. The molecule has 1 aliphatic heterocycles. The Kier molecular flexibility index (Phi) is 6.27. The molecule has 1 fully saturated rings. The van der Waals surface area contributed by atoms with Crippen molar-refractivity contribution in [3.8, 4) is 0 Å². The number of aryl methyl sites for hydroxylation is 2. The van der Waals surface area contributed by atoms with Crippen LogP contribution in [0.2, 0.25) is 0 Å². The Morgan fingerprint density at radius 1 is 1.04 bits per heavy atom. The predicted molar refractivity (Wildman–Crippen MR) is 90.6 cm³/mol. The zero-order valence-electron chi connectivity index (χ0n) is 13.7. The summed E-state index contributed by atoms with van der Waals surface area (Å²) in [6.45, 7) is 10.0. The molecule has 3 heterocycles. The lowest BCUT2D eigenvalue weighted by molar-refractivity contribution is -0.0000153. The molecule has 0 atom stereocenters. The van der Waals surface area contributed by atoms with Crippen molar-refractivity contribution >= 4 is 17.2 Å². The summed E-state index contributed by atoms with van der Waals surface area (Å²) in [6.07, 6.45) is 0. The highest BCUT2D eigenvalue weighted by molar-refractivity contribution is 7.12. The fourth-order valence-electron chi connectivity index (χ4n) is 3.02. The summed E-state index contributed by atoms with van der Waals surface area (Å²) in [5.41, 5.74) is 2.65. The van der Waals surface area contributed by atoms with Crippen LogP contribution in [0.1, 0.15) is 21.1 Å². The largest absolute Gasteiger partial charge is 1.00 e. The summed E-state index contributed by atoms with van der Waals surface area (Å²) in [7, 11) is 0. The molecule has 1 aliphatic rings. The molecule has 1 saturated heterocycles. The molecule has 6 heteroatoms. The number of thiophene rings is 1. The molecule has 0 aliphatic carbocycles. The van der Waals surface area contributed by atoms with E-state index in [0.29, 0.717) is 0 Å². The van der Waals surface area contributed by atoms with Gasteiger partial charge in [-0.3, -0.25) is 9.69 Å². The van der Waals surface area contributed by atoms with E-state index in [1.54, 1.807) is 0 Å². The zero-order valence-corrected chi connectivity index (χ0v) is 15.2. The Bertz CT molecular complexity index is 611. The summed E-state index contributed by atoms with van der Waals surface area (Å²) in [6, 6.07) is 8.20. The summed E-state index contributed by atoms with van der Waals surface area (Å²) >= 11 is 1.53. The quantitative estimate of drug-likeness (QED) is 0.751. The van der Waals surface area contributed by atoms with Gasteiger partial charge in [0.25, 0.3) is 5.91 Å². The van der Waals surface area contributed by atoms with Crippen molar-refractivity contribution in [2.24, 2.45) is 0 Å². The molecule has 2 aromatic heterocycles. The smallest absolute Gasteiger partial charge is 0.264 e. The molecular formula is C17H23ClN3OS-. The number of nitrogens with zero attached hydrogens (tertiary/aromatic N) is 3. The minimum Gasteiger partial charge on any atom is -1.00 e. The number of hydrogen-bond acceptors (Lipinski definition) is 3. The number of rotatable bonds is 4. The normalized spacial score (nSPS) is 15.5. The van der Waals surface area contributed by atoms with E-state index in [2.05, 4.69) is 35.4 Å². The molecule has 0 aromatic carbocycles. The van der Waals surface area contributed by atoms with Crippen molar-refractivity contribution in [3.05, 3.63) is 45.9 Å². The van der Waals surface area contributed by atoms with E-state index in [9.17, 15) is 4.79 Å². The van der Waals surface area contributed by atoms with E-state index >= 15 is 0 Å². The van der Waals surface area contributed by atoms with Gasteiger partial charge in [-0.25, -0.2) is 0 Å². The molecule has 0 unspecified atom stereocenters. The standard InChI is InChI=1S/C17H23N3OS.ClH/c1-14-5-6-15(2)20(14)12-9-18-7-10-19(11-8-18)17(21)16-4-3-13-22-16;/h3-6,13H,7-12H2,1-2H3;1H/p-1. The Hall–Kier alpha value is -1.30. The molecule has 23 heavy (non-hydrogen) atoms. The summed E-state index contributed by atoms with van der Waals surface area (Å²) < 4.78 is 2.36. The maximum Gasteiger partial charge on any atom is 0.264 e. The third-order valence-corrected chi connectivity index (χ3v) is 5.31. The van der Waals surface area contributed by atoms with Crippen LogP contribution < -0.4 is 12.4 Å². The molecule has 0 N–H and O–H groups in total. The third kappa shape index (κ3) is 4.16. The lowest BCUT2D eigenvalue weighted by atomic mass is 10.3.